The molecule has 0 aliphatic heterocycles. The van der Waals surface area contributed by atoms with Gasteiger partial charge in [0.25, 0.3) is 5.56 Å². The molecule has 5 rings (SSSR count). The van der Waals surface area contributed by atoms with Crippen LogP contribution in [-0.2, 0) is 11.3 Å². The Bertz CT molecular complexity index is 1500. The summed E-state index contributed by atoms with van der Waals surface area (Å²) in [6.45, 7) is 4.21. The normalized spacial score (nSPS) is 11.3. The number of carbonyl (C=O) groups is 1. The smallest absolute Gasteiger partial charge is 0.274 e. The number of rotatable bonds is 4. The number of anilines is 1. The van der Waals surface area contributed by atoms with Crippen LogP contribution in [0.15, 0.2) is 59.7 Å². The number of aromatic nitrogens is 6. The molecule has 0 radical (unpaired) electrons. The van der Waals surface area contributed by atoms with Crippen LogP contribution < -0.4 is 10.9 Å². The Morgan fingerprint density at radius 1 is 1.19 bits per heavy atom. The Labute approximate surface area is 176 Å². The van der Waals surface area contributed by atoms with Crippen molar-refractivity contribution in [3.8, 4) is 22.5 Å². The molecule has 0 aliphatic rings. The van der Waals surface area contributed by atoms with E-state index < -0.39 is 0 Å². The van der Waals surface area contributed by atoms with Crippen molar-refractivity contribution in [2.45, 2.75) is 20.4 Å². The molecule has 31 heavy (non-hydrogen) atoms. The predicted molar refractivity (Wildman–Crippen MR) is 118 cm³/mol. The minimum Gasteiger partial charge on any atom is -0.339 e. The average molecular weight is 413 g/mol. The molecule has 0 saturated carbocycles. The van der Waals surface area contributed by atoms with Gasteiger partial charge < -0.3 is 10.3 Å². The summed E-state index contributed by atoms with van der Waals surface area (Å²) in [5.41, 5.74) is 3.78. The Balaban J connectivity index is 1.75. The van der Waals surface area contributed by atoms with Crippen LogP contribution in [0.25, 0.3) is 39.1 Å². The van der Waals surface area contributed by atoms with Crippen molar-refractivity contribution >= 4 is 28.3 Å². The number of nitrogens with zero attached hydrogens (tertiary/aromatic N) is 5. The number of aryl methyl sites for hydroxylation is 1. The summed E-state index contributed by atoms with van der Waals surface area (Å²) in [5, 5.41) is 12.4. The lowest BCUT2D eigenvalue weighted by atomic mass is 10.1. The molecule has 0 atom stereocenters. The van der Waals surface area contributed by atoms with Crippen LogP contribution >= 0.6 is 0 Å². The third-order valence-electron chi connectivity index (χ3n) is 5.08. The van der Waals surface area contributed by atoms with Gasteiger partial charge in [-0.1, -0.05) is 12.1 Å². The molecule has 5 aromatic rings. The maximum atomic E-state index is 12.9. The average Bonchev–Trinajstić information content (AvgIpc) is 3.34. The molecule has 1 aromatic carbocycles. The molecule has 4 heterocycles. The number of pyridine rings is 1. The van der Waals surface area contributed by atoms with Gasteiger partial charge in [0.05, 0.1) is 28.7 Å². The second kappa shape index (κ2) is 7.21. The Kier molecular flexibility index (Phi) is 4.36. The first-order valence-corrected chi connectivity index (χ1v) is 9.86. The molecule has 9 nitrogen and oxygen atoms in total. The third kappa shape index (κ3) is 3.16. The fourth-order valence-electron chi connectivity index (χ4n) is 3.71. The first-order chi connectivity index (χ1) is 15.0. The number of hydrogen-bond acceptors (Lipinski definition) is 5. The van der Waals surface area contributed by atoms with Crippen molar-refractivity contribution < 1.29 is 4.79 Å². The quantitative estimate of drug-likeness (QED) is 0.470. The summed E-state index contributed by atoms with van der Waals surface area (Å²) in [6.07, 6.45) is 3.46. The molecule has 4 aromatic heterocycles. The van der Waals surface area contributed by atoms with Crippen LogP contribution in [0, 0.1) is 0 Å². The van der Waals surface area contributed by atoms with Crippen molar-refractivity contribution in [2.75, 3.05) is 5.32 Å². The van der Waals surface area contributed by atoms with E-state index in [-0.39, 0.29) is 17.3 Å². The lowest BCUT2D eigenvalue weighted by Gasteiger charge is -2.06. The van der Waals surface area contributed by atoms with E-state index in [1.807, 2.05) is 42.1 Å². The maximum Gasteiger partial charge on any atom is 0.274 e. The van der Waals surface area contributed by atoms with Gasteiger partial charge in [-0.3, -0.25) is 19.3 Å². The summed E-state index contributed by atoms with van der Waals surface area (Å²) in [4.78, 5) is 32.3. The molecule has 2 N–H and O–H groups in total. The summed E-state index contributed by atoms with van der Waals surface area (Å²) in [5.74, 6) is -0.0111. The van der Waals surface area contributed by atoms with Gasteiger partial charge in [0.2, 0.25) is 5.91 Å². The minimum absolute atomic E-state index is 0.274. The standard InChI is InChI=1S/C22H19N7O2/c1-3-28-18-8-7-14(10-15(18)12-24-28)17-11-19(31)29-22(26-17)20(16-6-4-5-9-23-16)21(27-29)25-13(2)30/h4-12,26H,3H2,1-2H3,(H,25,27,30). The lowest BCUT2D eigenvalue weighted by Crippen LogP contribution is -2.15. The lowest BCUT2D eigenvalue weighted by molar-refractivity contribution is -0.114. The SMILES string of the molecule is CCn1ncc2cc(-c3cc(=O)n4nc(NC(C)=O)c(-c5ccccn5)c4[nH]3)ccc21. The van der Waals surface area contributed by atoms with Crippen molar-refractivity contribution in [3.05, 3.63) is 65.2 Å². The largest absolute Gasteiger partial charge is 0.339 e. The van der Waals surface area contributed by atoms with E-state index in [0.29, 0.717) is 22.6 Å². The zero-order valence-electron chi connectivity index (χ0n) is 17.0. The fourth-order valence-corrected chi connectivity index (χ4v) is 3.71. The van der Waals surface area contributed by atoms with Gasteiger partial charge in [0.1, 0.15) is 5.65 Å². The van der Waals surface area contributed by atoms with E-state index in [4.69, 9.17) is 0 Å². The summed E-state index contributed by atoms with van der Waals surface area (Å²) in [7, 11) is 0. The van der Waals surface area contributed by atoms with Gasteiger partial charge in [-0.15, -0.1) is 5.10 Å². The highest BCUT2D eigenvalue weighted by Gasteiger charge is 2.20. The number of hydrogen-bond donors (Lipinski definition) is 2. The zero-order valence-corrected chi connectivity index (χ0v) is 17.0. The van der Waals surface area contributed by atoms with Gasteiger partial charge in [0.15, 0.2) is 5.82 Å². The molecule has 0 saturated heterocycles. The van der Waals surface area contributed by atoms with Gasteiger partial charge in [-0.25, -0.2) is 0 Å². The minimum atomic E-state index is -0.318. The second-order valence-corrected chi connectivity index (χ2v) is 7.14. The maximum absolute atomic E-state index is 12.9. The van der Waals surface area contributed by atoms with E-state index in [0.717, 1.165) is 23.0 Å². The topological polar surface area (TPSA) is 110 Å². The van der Waals surface area contributed by atoms with Crippen molar-refractivity contribution in [1.29, 1.82) is 0 Å². The van der Waals surface area contributed by atoms with Crippen LogP contribution in [0.2, 0.25) is 0 Å². The number of nitrogens with one attached hydrogen (secondary N) is 2. The van der Waals surface area contributed by atoms with E-state index in [2.05, 4.69) is 25.5 Å². The van der Waals surface area contributed by atoms with Gasteiger partial charge in [0, 0.05) is 31.1 Å². The van der Waals surface area contributed by atoms with Crippen molar-refractivity contribution in [2.24, 2.45) is 0 Å². The number of fused-ring (bicyclic) bond motifs is 2. The molecule has 1 amide bonds. The zero-order chi connectivity index (χ0) is 21.5. The molecule has 0 bridgehead atoms. The van der Waals surface area contributed by atoms with Crippen molar-refractivity contribution in [3.63, 3.8) is 0 Å². The van der Waals surface area contributed by atoms with Crippen LogP contribution in [0.1, 0.15) is 13.8 Å². The van der Waals surface area contributed by atoms with Gasteiger partial charge in [-0.2, -0.15) is 9.61 Å². The highest BCUT2D eigenvalue weighted by atomic mass is 16.1. The van der Waals surface area contributed by atoms with Crippen LogP contribution in [0.3, 0.4) is 0 Å². The first kappa shape index (κ1) is 18.7. The van der Waals surface area contributed by atoms with Crippen LogP contribution in [-0.4, -0.2) is 35.3 Å². The number of amides is 1. The van der Waals surface area contributed by atoms with Crippen molar-refractivity contribution in [1.82, 2.24) is 29.4 Å². The molecule has 154 valence electrons. The Morgan fingerprint density at radius 2 is 2.06 bits per heavy atom. The van der Waals surface area contributed by atoms with Gasteiger partial charge in [-0.05, 0) is 36.8 Å². The van der Waals surface area contributed by atoms with E-state index in [1.165, 1.54) is 17.5 Å². The number of benzene rings is 1. The third-order valence-corrected chi connectivity index (χ3v) is 5.08. The second-order valence-electron chi connectivity index (χ2n) is 7.14. The highest BCUT2D eigenvalue weighted by Crippen LogP contribution is 2.30. The number of carbonyl (C=O) groups excluding carboxylic acids is 1. The van der Waals surface area contributed by atoms with Crippen LogP contribution in [0.4, 0.5) is 5.82 Å². The molecule has 0 fully saturated rings. The van der Waals surface area contributed by atoms with Crippen LogP contribution in [0.5, 0.6) is 0 Å². The summed E-state index contributed by atoms with van der Waals surface area (Å²) in [6, 6.07) is 12.9. The van der Waals surface area contributed by atoms with E-state index >= 15 is 0 Å². The Hall–Kier alpha value is -4.27. The molecule has 0 aliphatic carbocycles. The molecular formula is C22H19N7O2. The summed E-state index contributed by atoms with van der Waals surface area (Å²) >= 11 is 0. The van der Waals surface area contributed by atoms with Gasteiger partial charge >= 0.3 is 0 Å². The fraction of sp³-hybridized carbons (Fsp3) is 0.136. The Morgan fingerprint density at radius 3 is 2.81 bits per heavy atom. The van der Waals surface area contributed by atoms with E-state index in [9.17, 15) is 9.59 Å². The predicted octanol–water partition coefficient (Wildman–Crippen LogP) is 3.08. The number of aromatic amines is 1. The molecular weight excluding hydrogens is 394 g/mol. The first-order valence-electron chi connectivity index (χ1n) is 9.86. The highest BCUT2D eigenvalue weighted by molar-refractivity contribution is 5.96. The number of H-pyrrole nitrogens is 1. The van der Waals surface area contributed by atoms with E-state index in [1.54, 1.807) is 18.3 Å². The summed E-state index contributed by atoms with van der Waals surface area (Å²) < 4.78 is 3.16. The molecule has 0 spiro atoms. The molecule has 0 unspecified atom stereocenters. The molecule has 9 heteroatoms. The monoisotopic (exact) mass is 413 g/mol.